The average Bonchev–Trinajstić information content (AvgIpc) is 2.64. The molecule has 3 rings (SSSR count). The normalized spacial score (nSPS) is 20.8. The maximum Gasteiger partial charge on any atom is 0.253 e. The molecule has 0 unspecified atom stereocenters. The Labute approximate surface area is 158 Å². The van der Waals surface area contributed by atoms with E-state index in [1.54, 1.807) is 4.90 Å². The van der Waals surface area contributed by atoms with Crippen LogP contribution in [0.5, 0.6) is 0 Å². The summed E-state index contributed by atoms with van der Waals surface area (Å²) in [6, 6.07) is 3.18. The van der Waals surface area contributed by atoms with Gasteiger partial charge in [-0.25, -0.2) is 21.5 Å². The van der Waals surface area contributed by atoms with Gasteiger partial charge in [-0.1, -0.05) is 0 Å². The van der Waals surface area contributed by atoms with Crippen LogP contribution < -0.4 is 0 Å². The number of carbonyl (C=O) groups is 1. The van der Waals surface area contributed by atoms with Crippen molar-refractivity contribution < 1.29 is 26.7 Å². The van der Waals surface area contributed by atoms with Gasteiger partial charge in [-0.15, -0.1) is 0 Å². The summed E-state index contributed by atoms with van der Waals surface area (Å²) in [6.45, 7) is 1.92. The summed E-state index contributed by atoms with van der Waals surface area (Å²) in [5, 5.41) is 0. The van der Waals surface area contributed by atoms with Crippen LogP contribution in [0.2, 0.25) is 0 Å². The molecule has 0 saturated carbocycles. The van der Waals surface area contributed by atoms with Gasteiger partial charge < -0.3 is 9.64 Å². The van der Waals surface area contributed by atoms with E-state index in [1.165, 1.54) is 16.6 Å². The summed E-state index contributed by atoms with van der Waals surface area (Å²) in [6.07, 6.45) is 3.94. The van der Waals surface area contributed by atoms with Gasteiger partial charge in [0.15, 0.2) is 11.6 Å². The highest BCUT2D eigenvalue weighted by atomic mass is 32.2. The van der Waals surface area contributed by atoms with Crippen LogP contribution in [0.15, 0.2) is 18.2 Å². The van der Waals surface area contributed by atoms with Crippen molar-refractivity contribution in [1.82, 2.24) is 9.21 Å². The highest BCUT2D eigenvalue weighted by Crippen LogP contribution is 2.23. The third-order valence-corrected chi connectivity index (χ3v) is 6.45. The third-order valence-electron chi connectivity index (χ3n) is 5.15. The van der Waals surface area contributed by atoms with Gasteiger partial charge in [-0.05, 0) is 43.9 Å². The lowest BCUT2D eigenvalue weighted by molar-refractivity contribution is -0.0557. The van der Waals surface area contributed by atoms with E-state index in [0.29, 0.717) is 51.9 Å². The molecule has 1 amide bonds. The molecule has 0 N–H and O–H groups in total. The molecule has 0 bridgehead atoms. The number of hydrogen-bond donors (Lipinski definition) is 0. The molecule has 2 fully saturated rings. The molecule has 150 valence electrons. The molecule has 6 nitrogen and oxygen atoms in total. The van der Waals surface area contributed by atoms with Gasteiger partial charge in [0, 0.05) is 31.7 Å². The zero-order valence-corrected chi connectivity index (χ0v) is 16.1. The van der Waals surface area contributed by atoms with Gasteiger partial charge >= 0.3 is 0 Å². The first kappa shape index (κ1) is 20.2. The summed E-state index contributed by atoms with van der Waals surface area (Å²) in [7, 11) is -3.15. The van der Waals surface area contributed by atoms with Gasteiger partial charge in [0.1, 0.15) is 0 Å². The molecule has 1 aromatic carbocycles. The summed E-state index contributed by atoms with van der Waals surface area (Å²) in [5.41, 5.74) is 0.140. The third kappa shape index (κ3) is 5.03. The molecule has 2 heterocycles. The Kier molecular flexibility index (Phi) is 6.12. The molecule has 0 spiro atoms. The Morgan fingerprint density at radius 3 is 2.07 bits per heavy atom. The lowest BCUT2D eigenvalue weighted by Gasteiger charge is -2.36. The maximum absolute atomic E-state index is 13.3. The monoisotopic (exact) mass is 402 g/mol. The first-order valence-electron chi connectivity index (χ1n) is 9.09. The van der Waals surface area contributed by atoms with Crippen molar-refractivity contribution in [1.29, 1.82) is 0 Å². The first-order valence-corrected chi connectivity index (χ1v) is 10.9. The zero-order valence-electron chi connectivity index (χ0n) is 15.2. The maximum atomic E-state index is 13.3. The van der Waals surface area contributed by atoms with Crippen LogP contribution in [0.4, 0.5) is 8.78 Å². The van der Waals surface area contributed by atoms with Gasteiger partial charge in [0.25, 0.3) is 5.91 Å². The fourth-order valence-corrected chi connectivity index (χ4v) is 4.45. The lowest BCUT2D eigenvalue weighted by Crippen LogP contribution is -2.44. The molecule has 2 aliphatic heterocycles. The number of ether oxygens (including phenoxy) is 1. The quantitative estimate of drug-likeness (QED) is 0.773. The van der Waals surface area contributed by atoms with Crippen LogP contribution in [0.1, 0.15) is 36.0 Å². The predicted molar refractivity (Wildman–Crippen MR) is 95.8 cm³/mol. The Balaban J connectivity index is 1.46. The summed E-state index contributed by atoms with van der Waals surface area (Å²) in [5.74, 6) is -2.31. The van der Waals surface area contributed by atoms with Crippen molar-refractivity contribution in [2.45, 2.75) is 37.9 Å². The first-order chi connectivity index (χ1) is 12.7. The molecular formula is C18H24F2N2O4S. The fraction of sp³-hybridized carbons (Fsp3) is 0.611. The van der Waals surface area contributed by atoms with E-state index in [4.69, 9.17) is 4.74 Å². The Bertz CT molecular complexity index is 787. The van der Waals surface area contributed by atoms with Crippen LogP contribution in [0, 0.1) is 11.6 Å². The summed E-state index contributed by atoms with van der Waals surface area (Å²) in [4.78, 5) is 14.0. The average molecular weight is 402 g/mol. The SMILES string of the molecule is CS(=O)(=O)N1CCC(OC2CCN(C(=O)c3ccc(F)c(F)c3)CC2)CC1. The van der Waals surface area contributed by atoms with Gasteiger partial charge in [0.2, 0.25) is 10.0 Å². The van der Waals surface area contributed by atoms with Crippen LogP contribution in [0.3, 0.4) is 0 Å². The van der Waals surface area contributed by atoms with Crippen molar-refractivity contribution in [3.8, 4) is 0 Å². The van der Waals surface area contributed by atoms with Gasteiger partial charge in [0.05, 0.1) is 18.5 Å². The van der Waals surface area contributed by atoms with Crippen molar-refractivity contribution in [2.75, 3.05) is 32.4 Å². The Morgan fingerprint density at radius 2 is 1.56 bits per heavy atom. The van der Waals surface area contributed by atoms with Crippen molar-refractivity contribution >= 4 is 15.9 Å². The lowest BCUT2D eigenvalue weighted by atomic mass is 10.0. The Hall–Kier alpha value is -1.58. The minimum Gasteiger partial charge on any atom is -0.375 e. The van der Waals surface area contributed by atoms with Crippen LogP contribution >= 0.6 is 0 Å². The minimum absolute atomic E-state index is 0.0220. The summed E-state index contributed by atoms with van der Waals surface area (Å²) < 4.78 is 57.0. The molecule has 0 aromatic heterocycles. The van der Waals surface area contributed by atoms with E-state index in [1.807, 2.05) is 0 Å². The number of benzene rings is 1. The predicted octanol–water partition coefficient (Wildman–Crippen LogP) is 2.01. The van der Waals surface area contributed by atoms with E-state index in [9.17, 15) is 22.0 Å². The zero-order chi connectivity index (χ0) is 19.6. The molecule has 0 radical (unpaired) electrons. The number of likely N-dealkylation sites (tertiary alicyclic amines) is 1. The summed E-state index contributed by atoms with van der Waals surface area (Å²) >= 11 is 0. The van der Waals surface area contributed by atoms with Crippen molar-refractivity contribution in [3.63, 3.8) is 0 Å². The largest absolute Gasteiger partial charge is 0.375 e. The number of amides is 1. The number of nitrogens with zero attached hydrogens (tertiary/aromatic N) is 2. The molecule has 2 saturated heterocycles. The second kappa shape index (κ2) is 8.20. The standard InChI is InChI=1S/C18H24F2N2O4S/c1-27(24,25)22-10-6-15(7-11-22)26-14-4-8-21(9-5-14)18(23)13-2-3-16(19)17(20)12-13/h2-3,12,14-15H,4-11H2,1H3. The van der Waals surface area contributed by atoms with E-state index in [-0.39, 0.29) is 23.7 Å². The van der Waals surface area contributed by atoms with Crippen LogP contribution in [-0.4, -0.2) is 68.2 Å². The van der Waals surface area contributed by atoms with Crippen LogP contribution in [-0.2, 0) is 14.8 Å². The second-order valence-electron chi connectivity index (χ2n) is 7.12. The van der Waals surface area contributed by atoms with E-state index < -0.39 is 21.7 Å². The molecule has 2 aliphatic rings. The number of piperidine rings is 2. The highest BCUT2D eigenvalue weighted by Gasteiger charge is 2.30. The number of halogens is 2. The van der Waals surface area contributed by atoms with E-state index in [0.717, 1.165) is 12.1 Å². The second-order valence-corrected chi connectivity index (χ2v) is 9.10. The molecule has 1 aromatic rings. The van der Waals surface area contributed by atoms with Gasteiger partial charge in [-0.2, -0.15) is 0 Å². The van der Waals surface area contributed by atoms with E-state index in [2.05, 4.69) is 0 Å². The Morgan fingerprint density at radius 1 is 1.00 bits per heavy atom. The number of rotatable bonds is 4. The van der Waals surface area contributed by atoms with E-state index >= 15 is 0 Å². The highest BCUT2D eigenvalue weighted by molar-refractivity contribution is 7.88. The molecular weight excluding hydrogens is 378 g/mol. The van der Waals surface area contributed by atoms with Crippen molar-refractivity contribution in [3.05, 3.63) is 35.4 Å². The minimum atomic E-state index is -3.15. The fourth-order valence-electron chi connectivity index (χ4n) is 3.58. The number of carbonyl (C=O) groups excluding carboxylic acids is 1. The van der Waals surface area contributed by atoms with Gasteiger partial charge in [-0.3, -0.25) is 4.79 Å². The topological polar surface area (TPSA) is 66.9 Å². The van der Waals surface area contributed by atoms with Crippen molar-refractivity contribution in [2.24, 2.45) is 0 Å². The molecule has 9 heteroatoms. The number of sulfonamides is 1. The smallest absolute Gasteiger partial charge is 0.253 e. The molecule has 0 aliphatic carbocycles. The molecule has 27 heavy (non-hydrogen) atoms. The number of hydrogen-bond acceptors (Lipinski definition) is 4. The van der Waals surface area contributed by atoms with Crippen LogP contribution in [0.25, 0.3) is 0 Å². The molecule has 0 atom stereocenters.